The fourth-order valence-corrected chi connectivity index (χ4v) is 1.96. The summed E-state index contributed by atoms with van der Waals surface area (Å²) in [4.78, 5) is 11.3. The third-order valence-electron chi connectivity index (χ3n) is 2.98. The third kappa shape index (κ3) is 2.76. The minimum Gasteiger partial charge on any atom is -0.497 e. The number of carboxylic acid groups (broad SMARTS) is 1. The van der Waals surface area contributed by atoms with Crippen LogP contribution in [0.2, 0.25) is 0 Å². The number of nitrogens with zero attached hydrogens (tertiary/aromatic N) is 4. The van der Waals surface area contributed by atoms with Crippen molar-refractivity contribution >= 4 is 5.97 Å². The Hall–Kier alpha value is -2.44. The molecule has 2 aromatic rings. The number of rotatable bonds is 6. The normalized spacial score (nSPS) is 12.1. The van der Waals surface area contributed by atoms with E-state index in [1.165, 1.54) is 4.68 Å². The number of hydrogen-bond donors (Lipinski definition) is 1. The van der Waals surface area contributed by atoms with Gasteiger partial charge in [0, 0.05) is 5.56 Å². The van der Waals surface area contributed by atoms with Crippen LogP contribution in [0.3, 0.4) is 0 Å². The van der Waals surface area contributed by atoms with Gasteiger partial charge in [0.25, 0.3) is 0 Å². The molecule has 0 fully saturated rings. The molecule has 2 rings (SSSR count). The van der Waals surface area contributed by atoms with Crippen molar-refractivity contribution in [2.75, 3.05) is 7.11 Å². The van der Waals surface area contributed by atoms with Crippen LogP contribution in [0.25, 0.3) is 11.4 Å². The van der Waals surface area contributed by atoms with E-state index in [1.54, 1.807) is 31.4 Å². The van der Waals surface area contributed by atoms with Gasteiger partial charge in [-0.15, -0.1) is 5.10 Å². The zero-order valence-electron chi connectivity index (χ0n) is 11.4. The summed E-state index contributed by atoms with van der Waals surface area (Å²) in [6.07, 6.45) is 1.21. The van der Waals surface area contributed by atoms with Gasteiger partial charge in [-0.3, -0.25) is 0 Å². The molecule has 0 aliphatic carbocycles. The Labute approximate surface area is 116 Å². The molecular formula is C13H16N4O3. The lowest BCUT2D eigenvalue weighted by atomic mass is 10.1. The van der Waals surface area contributed by atoms with Crippen LogP contribution in [0, 0.1) is 0 Å². The maximum atomic E-state index is 11.3. The van der Waals surface area contributed by atoms with Crippen LogP contribution in [0.1, 0.15) is 25.8 Å². The van der Waals surface area contributed by atoms with E-state index in [2.05, 4.69) is 15.5 Å². The lowest BCUT2D eigenvalue weighted by Gasteiger charge is -2.13. The van der Waals surface area contributed by atoms with Gasteiger partial charge in [0.1, 0.15) is 5.75 Å². The first kappa shape index (κ1) is 14.0. The predicted molar refractivity (Wildman–Crippen MR) is 71.4 cm³/mol. The molecule has 0 spiro atoms. The van der Waals surface area contributed by atoms with E-state index in [0.717, 1.165) is 17.7 Å². The SMILES string of the molecule is CCCC(C(=O)O)n1nnnc1-c1ccc(OC)cc1. The van der Waals surface area contributed by atoms with E-state index < -0.39 is 12.0 Å². The number of aromatic nitrogens is 4. The number of tetrazole rings is 1. The number of benzene rings is 1. The molecule has 106 valence electrons. The van der Waals surface area contributed by atoms with Gasteiger partial charge in [-0.25, -0.2) is 9.48 Å². The minimum atomic E-state index is -0.936. The molecular weight excluding hydrogens is 260 g/mol. The van der Waals surface area contributed by atoms with E-state index in [0.29, 0.717) is 12.2 Å². The third-order valence-corrected chi connectivity index (χ3v) is 2.98. The molecule has 1 aromatic heterocycles. The van der Waals surface area contributed by atoms with Crippen LogP contribution < -0.4 is 4.74 Å². The first-order valence-electron chi connectivity index (χ1n) is 6.32. The average molecular weight is 276 g/mol. The first-order chi connectivity index (χ1) is 9.67. The van der Waals surface area contributed by atoms with Crippen molar-refractivity contribution in [3.8, 4) is 17.1 Å². The second-order valence-electron chi connectivity index (χ2n) is 4.32. The average Bonchev–Trinajstić information content (AvgIpc) is 2.93. The summed E-state index contributed by atoms with van der Waals surface area (Å²) in [6.45, 7) is 1.92. The van der Waals surface area contributed by atoms with Gasteiger partial charge < -0.3 is 9.84 Å². The number of aliphatic carboxylic acids is 1. The van der Waals surface area contributed by atoms with Gasteiger partial charge in [0.15, 0.2) is 11.9 Å². The van der Waals surface area contributed by atoms with Crippen molar-refractivity contribution in [3.05, 3.63) is 24.3 Å². The van der Waals surface area contributed by atoms with Crippen molar-refractivity contribution in [1.29, 1.82) is 0 Å². The highest BCUT2D eigenvalue weighted by molar-refractivity contribution is 5.72. The monoisotopic (exact) mass is 276 g/mol. The van der Waals surface area contributed by atoms with Crippen LogP contribution in [0.15, 0.2) is 24.3 Å². The second-order valence-corrected chi connectivity index (χ2v) is 4.32. The summed E-state index contributed by atoms with van der Waals surface area (Å²) in [6, 6.07) is 6.40. The molecule has 0 radical (unpaired) electrons. The van der Waals surface area contributed by atoms with Crippen LogP contribution in [0.4, 0.5) is 0 Å². The molecule has 7 heteroatoms. The smallest absolute Gasteiger partial charge is 0.328 e. The van der Waals surface area contributed by atoms with Gasteiger partial charge in [-0.05, 0) is 41.1 Å². The zero-order chi connectivity index (χ0) is 14.5. The summed E-state index contributed by atoms with van der Waals surface area (Å²) < 4.78 is 6.44. The molecule has 1 heterocycles. The lowest BCUT2D eigenvalue weighted by molar-refractivity contribution is -0.141. The first-order valence-corrected chi connectivity index (χ1v) is 6.32. The maximum absolute atomic E-state index is 11.3. The Morgan fingerprint density at radius 1 is 1.40 bits per heavy atom. The van der Waals surface area contributed by atoms with Gasteiger partial charge in [-0.1, -0.05) is 13.3 Å². The Morgan fingerprint density at radius 3 is 2.65 bits per heavy atom. The molecule has 20 heavy (non-hydrogen) atoms. The molecule has 1 atom stereocenters. The van der Waals surface area contributed by atoms with E-state index in [9.17, 15) is 9.90 Å². The van der Waals surface area contributed by atoms with Crippen molar-refractivity contribution in [2.24, 2.45) is 0 Å². The van der Waals surface area contributed by atoms with Crippen molar-refractivity contribution in [2.45, 2.75) is 25.8 Å². The largest absolute Gasteiger partial charge is 0.497 e. The zero-order valence-corrected chi connectivity index (χ0v) is 11.4. The molecule has 1 aromatic carbocycles. The van der Waals surface area contributed by atoms with Crippen LogP contribution >= 0.6 is 0 Å². The summed E-state index contributed by atoms with van der Waals surface area (Å²) in [7, 11) is 1.58. The molecule has 0 saturated carbocycles. The fraction of sp³-hybridized carbons (Fsp3) is 0.385. The highest BCUT2D eigenvalue weighted by Gasteiger charge is 2.24. The van der Waals surface area contributed by atoms with Gasteiger partial charge in [0.2, 0.25) is 0 Å². The molecule has 0 aliphatic heterocycles. The van der Waals surface area contributed by atoms with Gasteiger partial charge in [0.05, 0.1) is 7.11 Å². The van der Waals surface area contributed by atoms with E-state index in [-0.39, 0.29) is 0 Å². The quantitative estimate of drug-likeness (QED) is 0.864. The highest BCUT2D eigenvalue weighted by atomic mass is 16.5. The van der Waals surface area contributed by atoms with Gasteiger partial charge in [-0.2, -0.15) is 0 Å². The van der Waals surface area contributed by atoms with E-state index in [1.807, 2.05) is 6.92 Å². The molecule has 0 amide bonds. The highest BCUT2D eigenvalue weighted by Crippen LogP contribution is 2.23. The Morgan fingerprint density at radius 2 is 2.10 bits per heavy atom. The number of hydrogen-bond acceptors (Lipinski definition) is 5. The Kier molecular flexibility index (Phi) is 4.29. The summed E-state index contributed by atoms with van der Waals surface area (Å²) in [5, 5.41) is 20.6. The van der Waals surface area contributed by atoms with Crippen molar-refractivity contribution in [1.82, 2.24) is 20.2 Å². The van der Waals surface area contributed by atoms with E-state index in [4.69, 9.17) is 4.74 Å². The topological polar surface area (TPSA) is 90.1 Å². The fourth-order valence-electron chi connectivity index (χ4n) is 1.96. The number of carbonyl (C=O) groups is 1. The molecule has 0 aliphatic rings. The number of carboxylic acids is 1. The summed E-state index contributed by atoms with van der Waals surface area (Å²) >= 11 is 0. The van der Waals surface area contributed by atoms with Crippen molar-refractivity contribution < 1.29 is 14.6 Å². The minimum absolute atomic E-state index is 0.438. The molecule has 7 nitrogen and oxygen atoms in total. The van der Waals surface area contributed by atoms with Crippen molar-refractivity contribution in [3.63, 3.8) is 0 Å². The Balaban J connectivity index is 2.37. The van der Waals surface area contributed by atoms with Crippen LogP contribution in [0.5, 0.6) is 5.75 Å². The molecule has 1 N–H and O–H groups in total. The lowest BCUT2D eigenvalue weighted by Crippen LogP contribution is -2.21. The summed E-state index contributed by atoms with van der Waals surface area (Å²) in [5.74, 6) is 0.221. The maximum Gasteiger partial charge on any atom is 0.328 e. The molecule has 1 unspecified atom stereocenters. The second kappa shape index (κ2) is 6.14. The van der Waals surface area contributed by atoms with Crippen LogP contribution in [-0.4, -0.2) is 38.4 Å². The van der Waals surface area contributed by atoms with E-state index >= 15 is 0 Å². The Bertz CT molecular complexity index is 580. The predicted octanol–water partition coefficient (Wildman–Crippen LogP) is 1.77. The number of ether oxygens (including phenoxy) is 1. The standard InChI is InChI=1S/C13H16N4O3/c1-3-4-11(13(18)19)17-12(14-15-16-17)9-5-7-10(20-2)8-6-9/h5-8,11H,3-4H2,1-2H3,(H,18,19). The molecule has 0 saturated heterocycles. The van der Waals surface area contributed by atoms with Gasteiger partial charge >= 0.3 is 5.97 Å². The summed E-state index contributed by atoms with van der Waals surface area (Å²) in [5.41, 5.74) is 0.748. The number of methoxy groups -OCH3 is 1. The van der Waals surface area contributed by atoms with Crippen LogP contribution in [-0.2, 0) is 4.79 Å². The molecule has 0 bridgehead atoms.